The molecule has 2 aromatic carbocycles. The van der Waals surface area contributed by atoms with Crippen LogP contribution in [-0.2, 0) is 4.79 Å². The van der Waals surface area contributed by atoms with Gasteiger partial charge in [0.05, 0.1) is 16.4 Å². The first-order valence-corrected chi connectivity index (χ1v) is 9.26. The molecule has 3 aromatic rings. The van der Waals surface area contributed by atoms with Gasteiger partial charge in [-0.15, -0.1) is 0 Å². The van der Waals surface area contributed by atoms with Crippen LogP contribution >= 0.6 is 11.8 Å². The molecule has 0 fully saturated rings. The van der Waals surface area contributed by atoms with Gasteiger partial charge in [-0.3, -0.25) is 24.3 Å². The summed E-state index contributed by atoms with van der Waals surface area (Å²) in [7, 11) is 0. The lowest BCUT2D eigenvalue weighted by Gasteiger charge is -2.12. The Hall–Kier alpha value is -3.46. The highest BCUT2D eigenvalue weighted by atomic mass is 32.2. The molecule has 0 aliphatic rings. The van der Waals surface area contributed by atoms with Crippen molar-refractivity contribution in [3.8, 4) is 5.69 Å². The number of amides is 1. The maximum Gasteiger partial charge on any atom is 0.269 e. The number of rotatable bonds is 6. The first kappa shape index (κ1) is 19.3. The molecule has 0 atom stereocenters. The fraction of sp³-hybridized carbons (Fsp3) is 0.105. The molecule has 0 spiro atoms. The molecule has 0 radical (unpaired) electrons. The van der Waals surface area contributed by atoms with E-state index in [1.165, 1.54) is 34.9 Å². The van der Waals surface area contributed by atoms with E-state index in [1.807, 2.05) is 18.2 Å². The normalized spacial score (nSPS) is 10.5. The second-order valence-electron chi connectivity index (χ2n) is 5.83. The average Bonchev–Trinajstić information content (AvgIpc) is 2.67. The number of carbonyl (C=O) groups excluding carboxylic acids is 1. The summed E-state index contributed by atoms with van der Waals surface area (Å²) >= 11 is 1.14. The molecule has 1 aromatic heterocycles. The van der Waals surface area contributed by atoms with Crippen molar-refractivity contribution < 1.29 is 9.72 Å². The van der Waals surface area contributed by atoms with Crippen LogP contribution in [0.4, 0.5) is 11.4 Å². The van der Waals surface area contributed by atoms with Gasteiger partial charge in [0, 0.05) is 29.6 Å². The van der Waals surface area contributed by atoms with E-state index < -0.39 is 4.92 Å². The number of nitrogens with one attached hydrogen (secondary N) is 1. The van der Waals surface area contributed by atoms with Gasteiger partial charge in [0.1, 0.15) is 0 Å². The molecular formula is C19H16N4O4S. The maximum atomic E-state index is 12.4. The van der Waals surface area contributed by atoms with E-state index >= 15 is 0 Å². The molecule has 3 rings (SSSR count). The van der Waals surface area contributed by atoms with Crippen LogP contribution in [0.25, 0.3) is 5.69 Å². The molecule has 0 bridgehead atoms. The van der Waals surface area contributed by atoms with Gasteiger partial charge in [-0.25, -0.2) is 4.98 Å². The fourth-order valence-corrected chi connectivity index (χ4v) is 3.34. The number of hydrogen-bond donors (Lipinski definition) is 1. The number of nitrogens with zero attached hydrogens (tertiary/aromatic N) is 3. The molecule has 0 unspecified atom stereocenters. The number of anilines is 1. The molecule has 0 aliphatic carbocycles. The number of para-hydroxylation sites is 1. The number of carbonyl (C=O) groups is 1. The second-order valence-corrected chi connectivity index (χ2v) is 6.77. The molecular weight excluding hydrogens is 380 g/mol. The van der Waals surface area contributed by atoms with Crippen LogP contribution in [-0.4, -0.2) is 26.1 Å². The molecule has 1 N–H and O–H groups in total. The number of aryl methyl sites for hydroxylation is 1. The Labute approximate surface area is 164 Å². The van der Waals surface area contributed by atoms with E-state index in [1.54, 1.807) is 19.1 Å². The molecule has 9 heteroatoms. The van der Waals surface area contributed by atoms with E-state index in [0.717, 1.165) is 11.8 Å². The molecule has 8 nitrogen and oxygen atoms in total. The van der Waals surface area contributed by atoms with Gasteiger partial charge in [0.25, 0.3) is 11.2 Å². The number of thioether (sulfide) groups is 1. The summed E-state index contributed by atoms with van der Waals surface area (Å²) in [5.74, 6) is -0.283. The lowest BCUT2D eigenvalue weighted by Crippen LogP contribution is -2.22. The number of non-ortho nitro benzene ring substituents is 1. The third kappa shape index (κ3) is 4.63. The van der Waals surface area contributed by atoms with Crippen molar-refractivity contribution in [2.24, 2.45) is 0 Å². The van der Waals surface area contributed by atoms with Crippen molar-refractivity contribution in [3.05, 3.63) is 86.8 Å². The zero-order chi connectivity index (χ0) is 20.1. The minimum atomic E-state index is -0.506. The number of aromatic nitrogens is 2. The van der Waals surface area contributed by atoms with Crippen molar-refractivity contribution in [1.29, 1.82) is 0 Å². The van der Waals surface area contributed by atoms with Crippen molar-refractivity contribution in [2.45, 2.75) is 12.1 Å². The number of hydrogen-bond acceptors (Lipinski definition) is 6. The van der Waals surface area contributed by atoms with Crippen LogP contribution in [0, 0.1) is 17.0 Å². The summed E-state index contributed by atoms with van der Waals surface area (Å²) in [6, 6.07) is 16.1. The van der Waals surface area contributed by atoms with Crippen LogP contribution in [0.2, 0.25) is 0 Å². The molecule has 1 amide bonds. The van der Waals surface area contributed by atoms with E-state index in [-0.39, 0.29) is 22.9 Å². The lowest BCUT2D eigenvalue weighted by molar-refractivity contribution is -0.384. The Morgan fingerprint density at radius 3 is 2.50 bits per heavy atom. The summed E-state index contributed by atoms with van der Waals surface area (Å²) in [6.07, 6.45) is 0. The molecule has 0 saturated carbocycles. The van der Waals surface area contributed by atoms with Crippen molar-refractivity contribution >= 4 is 29.0 Å². The Morgan fingerprint density at radius 2 is 1.86 bits per heavy atom. The van der Waals surface area contributed by atoms with Gasteiger partial charge in [0.15, 0.2) is 5.16 Å². The second kappa shape index (κ2) is 8.49. The van der Waals surface area contributed by atoms with Gasteiger partial charge in [-0.05, 0) is 31.2 Å². The molecule has 0 saturated heterocycles. The smallest absolute Gasteiger partial charge is 0.269 e. The Kier molecular flexibility index (Phi) is 5.85. The van der Waals surface area contributed by atoms with Crippen LogP contribution in [0.5, 0.6) is 0 Å². The SMILES string of the molecule is Cc1cc(=O)n(-c2ccccc2)c(SCC(=O)Nc2ccc([N+](=O)[O-])cc2)n1. The third-order valence-electron chi connectivity index (χ3n) is 3.72. The van der Waals surface area contributed by atoms with Gasteiger partial charge >= 0.3 is 0 Å². The first-order chi connectivity index (χ1) is 13.4. The van der Waals surface area contributed by atoms with E-state index in [0.29, 0.717) is 22.2 Å². The van der Waals surface area contributed by atoms with Crippen molar-refractivity contribution in [2.75, 3.05) is 11.1 Å². The quantitative estimate of drug-likeness (QED) is 0.297. The predicted octanol–water partition coefficient (Wildman–Crippen LogP) is 3.18. The lowest BCUT2D eigenvalue weighted by atomic mass is 10.3. The monoisotopic (exact) mass is 396 g/mol. The van der Waals surface area contributed by atoms with E-state index in [4.69, 9.17) is 0 Å². The number of benzene rings is 2. The van der Waals surface area contributed by atoms with Crippen LogP contribution in [0.3, 0.4) is 0 Å². The van der Waals surface area contributed by atoms with E-state index in [9.17, 15) is 19.7 Å². The van der Waals surface area contributed by atoms with Crippen molar-refractivity contribution in [1.82, 2.24) is 9.55 Å². The number of nitro benzene ring substituents is 1. The summed E-state index contributed by atoms with van der Waals surface area (Å²) in [5.41, 5.74) is 1.41. The summed E-state index contributed by atoms with van der Waals surface area (Å²) in [5, 5.41) is 13.8. The predicted molar refractivity (Wildman–Crippen MR) is 107 cm³/mol. The summed E-state index contributed by atoms with van der Waals surface area (Å²) < 4.78 is 1.46. The summed E-state index contributed by atoms with van der Waals surface area (Å²) in [6.45, 7) is 1.72. The zero-order valence-electron chi connectivity index (χ0n) is 14.9. The highest BCUT2D eigenvalue weighted by Crippen LogP contribution is 2.20. The topological polar surface area (TPSA) is 107 Å². The summed E-state index contributed by atoms with van der Waals surface area (Å²) in [4.78, 5) is 39.2. The molecule has 0 aliphatic heterocycles. The molecule has 28 heavy (non-hydrogen) atoms. The van der Waals surface area contributed by atoms with Crippen LogP contribution in [0.15, 0.2) is 70.6 Å². The average molecular weight is 396 g/mol. The zero-order valence-corrected chi connectivity index (χ0v) is 15.7. The third-order valence-corrected chi connectivity index (χ3v) is 4.66. The van der Waals surface area contributed by atoms with Gasteiger partial charge in [-0.2, -0.15) is 0 Å². The highest BCUT2D eigenvalue weighted by Gasteiger charge is 2.13. The van der Waals surface area contributed by atoms with Crippen molar-refractivity contribution in [3.63, 3.8) is 0 Å². The van der Waals surface area contributed by atoms with Gasteiger partial charge < -0.3 is 5.32 Å². The highest BCUT2D eigenvalue weighted by molar-refractivity contribution is 7.99. The number of nitro groups is 1. The Balaban J connectivity index is 1.74. The standard InChI is InChI=1S/C19H16N4O4S/c1-13-11-18(25)22(15-5-3-2-4-6-15)19(20-13)28-12-17(24)21-14-7-9-16(10-8-14)23(26)27/h2-11H,12H2,1H3,(H,21,24). The largest absolute Gasteiger partial charge is 0.325 e. The van der Waals surface area contributed by atoms with E-state index in [2.05, 4.69) is 10.3 Å². The van der Waals surface area contributed by atoms with Crippen LogP contribution in [0.1, 0.15) is 5.69 Å². The Bertz CT molecular complexity index is 1070. The van der Waals surface area contributed by atoms with Gasteiger partial charge in [0.2, 0.25) is 5.91 Å². The molecule has 142 valence electrons. The minimum absolute atomic E-state index is 0.0275. The van der Waals surface area contributed by atoms with Crippen LogP contribution < -0.4 is 10.9 Å². The fourth-order valence-electron chi connectivity index (χ4n) is 2.48. The maximum absolute atomic E-state index is 12.4. The Morgan fingerprint density at radius 1 is 1.18 bits per heavy atom. The molecule has 1 heterocycles. The first-order valence-electron chi connectivity index (χ1n) is 8.27. The minimum Gasteiger partial charge on any atom is -0.325 e. The van der Waals surface area contributed by atoms with Gasteiger partial charge in [-0.1, -0.05) is 30.0 Å².